The first-order valence-electron chi connectivity index (χ1n) is 4.96. The smallest absolute Gasteiger partial charge is 0.407 e. The van der Waals surface area contributed by atoms with Gasteiger partial charge in [0.2, 0.25) is 0 Å². The second kappa shape index (κ2) is 3.60. The first kappa shape index (κ1) is 10.1. The number of nitrogens with zero attached hydrogens (tertiary/aromatic N) is 1. The van der Waals surface area contributed by atoms with Gasteiger partial charge in [-0.05, 0) is 11.8 Å². The molecule has 84 valence electrons. The Morgan fingerprint density at radius 2 is 2.07 bits per heavy atom. The molecule has 0 aromatic carbocycles. The highest BCUT2D eigenvalue weighted by Crippen LogP contribution is 2.51. The number of rotatable bonds is 2. The molecule has 6 nitrogen and oxygen atoms in total. The quantitative estimate of drug-likeness (QED) is 0.688. The third-order valence-electron chi connectivity index (χ3n) is 3.25. The van der Waals surface area contributed by atoms with Gasteiger partial charge in [-0.1, -0.05) is 0 Å². The Kier molecular flexibility index (Phi) is 2.42. The number of fused-ring (bicyclic) bond motifs is 1. The molecule has 2 rings (SSSR count). The summed E-state index contributed by atoms with van der Waals surface area (Å²) in [7, 11) is 1.52. The Hall–Kier alpha value is -1.46. The zero-order valence-corrected chi connectivity index (χ0v) is 8.47. The molecule has 0 aromatic rings. The number of carboxylic acid groups (broad SMARTS) is 1. The van der Waals surface area contributed by atoms with E-state index in [2.05, 4.69) is 5.32 Å². The highest BCUT2D eigenvalue weighted by atomic mass is 16.5. The van der Waals surface area contributed by atoms with E-state index in [0.717, 1.165) is 0 Å². The number of ether oxygens (including phenoxy) is 1. The lowest BCUT2D eigenvalue weighted by atomic mass is 10.3. The zero-order chi connectivity index (χ0) is 11.0. The molecule has 2 amide bonds. The third kappa shape index (κ3) is 1.84. The van der Waals surface area contributed by atoms with Gasteiger partial charge in [0.25, 0.3) is 0 Å². The number of piperidine rings is 1. The molecule has 0 aromatic heterocycles. The van der Waals surface area contributed by atoms with Gasteiger partial charge in [0.15, 0.2) is 0 Å². The Bertz CT molecular complexity index is 282. The number of hydrogen-bond donors (Lipinski definition) is 2. The summed E-state index contributed by atoms with van der Waals surface area (Å²) < 4.78 is 4.93. The first-order chi connectivity index (χ1) is 7.13. The van der Waals surface area contributed by atoms with E-state index in [1.54, 1.807) is 0 Å². The van der Waals surface area contributed by atoms with Gasteiger partial charge in [-0.3, -0.25) is 0 Å². The Labute approximate surface area is 87.2 Å². The number of amides is 2. The van der Waals surface area contributed by atoms with E-state index in [1.807, 2.05) is 0 Å². The van der Waals surface area contributed by atoms with Gasteiger partial charge in [0.05, 0.1) is 6.61 Å². The second-order valence-corrected chi connectivity index (χ2v) is 4.03. The molecular weight excluding hydrogens is 200 g/mol. The van der Waals surface area contributed by atoms with E-state index in [0.29, 0.717) is 37.5 Å². The number of nitrogens with one attached hydrogen (secondary N) is 1. The third-order valence-corrected chi connectivity index (χ3v) is 3.25. The number of carbonyl (C=O) groups excluding carboxylic acids is 1. The molecule has 15 heavy (non-hydrogen) atoms. The van der Waals surface area contributed by atoms with Crippen molar-refractivity contribution >= 4 is 12.2 Å². The largest absolute Gasteiger partial charge is 0.465 e. The fourth-order valence-corrected chi connectivity index (χ4v) is 2.30. The van der Waals surface area contributed by atoms with Gasteiger partial charge in [0, 0.05) is 26.1 Å². The molecule has 1 saturated carbocycles. The number of carbonyl (C=O) groups is 2. The summed E-state index contributed by atoms with van der Waals surface area (Å²) in [5.74, 6) is 1.15. The highest BCUT2D eigenvalue weighted by molar-refractivity contribution is 5.67. The standard InChI is InChI=1S/C9H14N2O4/c1-10-8(12)15-4-7-5-2-11(9(13)14)3-6(5)7/h5-7H,2-4H2,1H3,(H,10,12)(H,13,14)/t5-,6+,7-. The maximum atomic E-state index is 10.8. The van der Waals surface area contributed by atoms with Gasteiger partial charge >= 0.3 is 12.2 Å². The molecule has 1 heterocycles. The summed E-state index contributed by atoms with van der Waals surface area (Å²) in [6, 6.07) is 0. The Morgan fingerprint density at radius 1 is 1.47 bits per heavy atom. The molecule has 0 radical (unpaired) electrons. The summed E-state index contributed by atoms with van der Waals surface area (Å²) in [5, 5.41) is 11.1. The van der Waals surface area contributed by atoms with Crippen molar-refractivity contribution in [3.8, 4) is 0 Å². The van der Waals surface area contributed by atoms with E-state index < -0.39 is 12.2 Å². The van der Waals surface area contributed by atoms with Crippen LogP contribution in [0.2, 0.25) is 0 Å². The molecule has 6 heteroatoms. The molecule has 1 aliphatic carbocycles. The average molecular weight is 214 g/mol. The lowest BCUT2D eigenvalue weighted by Gasteiger charge is -2.15. The van der Waals surface area contributed by atoms with Crippen molar-refractivity contribution in [2.45, 2.75) is 0 Å². The molecule has 0 bridgehead atoms. The maximum absolute atomic E-state index is 10.8. The Balaban J connectivity index is 1.71. The SMILES string of the molecule is CNC(=O)OC[C@H]1[C@H]2CN(C(=O)O)C[C@@H]12. The lowest BCUT2D eigenvalue weighted by molar-refractivity contribution is 0.126. The topological polar surface area (TPSA) is 78.9 Å². The fraction of sp³-hybridized carbons (Fsp3) is 0.778. The summed E-state index contributed by atoms with van der Waals surface area (Å²) in [6.45, 7) is 1.58. The van der Waals surface area contributed by atoms with Gasteiger partial charge in [-0.25, -0.2) is 9.59 Å². The van der Waals surface area contributed by atoms with Crippen LogP contribution in [0.5, 0.6) is 0 Å². The molecule has 1 aliphatic heterocycles. The molecule has 0 spiro atoms. The first-order valence-corrected chi connectivity index (χ1v) is 4.96. The molecule has 1 saturated heterocycles. The minimum absolute atomic E-state index is 0.359. The fourth-order valence-electron chi connectivity index (χ4n) is 2.30. The molecular formula is C9H14N2O4. The minimum atomic E-state index is -0.854. The average Bonchev–Trinajstić information content (AvgIpc) is 2.67. The lowest BCUT2D eigenvalue weighted by Crippen LogP contribution is -2.31. The normalized spacial score (nSPS) is 32.1. The molecule has 3 atom stereocenters. The van der Waals surface area contributed by atoms with E-state index in [-0.39, 0.29) is 0 Å². The Morgan fingerprint density at radius 3 is 2.53 bits per heavy atom. The van der Waals surface area contributed by atoms with Crippen molar-refractivity contribution in [3.05, 3.63) is 0 Å². The van der Waals surface area contributed by atoms with Crippen LogP contribution >= 0.6 is 0 Å². The molecule has 2 fully saturated rings. The second-order valence-electron chi connectivity index (χ2n) is 4.03. The van der Waals surface area contributed by atoms with Crippen LogP contribution < -0.4 is 5.32 Å². The predicted octanol–water partition coefficient (Wildman–Crippen LogP) is 0.198. The van der Waals surface area contributed by atoms with Crippen molar-refractivity contribution < 1.29 is 19.4 Å². The van der Waals surface area contributed by atoms with Crippen LogP contribution in [0.1, 0.15) is 0 Å². The van der Waals surface area contributed by atoms with Crippen LogP contribution in [0.3, 0.4) is 0 Å². The van der Waals surface area contributed by atoms with Crippen LogP contribution in [-0.4, -0.2) is 48.9 Å². The van der Waals surface area contributed by atoms with Crippen LogP contribution in [0.25, 0.3) is 0 Å². The van der Waals surface area contributed by atoms with Crippen LogP contribution in [0.4, 0.5) is 9.59 Å². The zero-order valence-electron chi connectivity index (χ0n) is 8.47. The van der Waals surface area contributed by atoms with Gasteiger partial charge < -0.3 is 20.1 Å². The van der Waals surface area contributed by atoms with Gasteiger partial charge in [-0.15, -0.1) is 0 Å². The summed E-state index contributed by atoms with van der Waals surface area (Å²) in [6.07, 6.45) is -1.27. The van der Waals surface area contributed by atoms with Crippen molar-refractivity contribution in [2.75, 3.05) is 26.7 Å². The van der Waals surface area contributed by atoms with Crippen LogP contribution in [0.15, 0.2) is 0 Å². The minimum Gasteiger partial charge on any atom is -0.465 e. The number of likely N-dealkylation sites (tertiary alicyclic amines) is 1. The summed E-state index contributed by atoms with van der Waals surface area (Å²) in [5.41, 5.74) is 0. The molecule has 0 unspecified atom stereocenters. The predicted molar refractivity (Wildman–Crippen MR) is 50.5 cm³/mol. The molecule has 2 N–H and O–H groups in total. The van der Waals surface area contributed by atoms with Crippen LogP contribution in [-0.2, 0) is 4.74 Å². The number of alkyl carbamates (subject to hydrolysis) is 1. The van der Waals surface area contributed by atoms with E-state index in [9.17, 15) is 9.59 Å². The van der Waals surface area contributed by atoms with Crippen LogP contribution in [0, 0.1) is 17.8 Å². The van der Waals surface area contributed by atoms with E-state index >= 15 is 0 Å². The monoisotopic (exact) mass is 214 g/mol. The van der Waals surface area contributed by atoms with E-state index in [4.69, 9.17) is 9.84 Å². The maximum Gasteiger partial charge on any atom is 0.407 e. The number of hydrogen-bond acceptors (Lipinski definition) is 3. The highest BCUT2D eigenvalue weighted by Gasteiger charge is 2.57. The van der Waals surface area contributed by atoms with Crippen molar-refractivity contribution in [1.82, 2.24) is 10.2 Å². The van der Waals surface area contributed by atoms with Gasteiger partial charge in [0.1, 0.15) is 0 Å². The van der Waals surface area contributed by atoms with Crippen molar-refractivity contribution in [3.63, 3.8) is 0 Å². The van der Waals surface area contributed by atoms with Gasteiger partial charge in [-0.2, -0.15) is 0 Å². The van der Waals surface area contributed by atoms with E-state index in [1.165, 1.54) is 11.9 Å². The summed E-state index contributed by atoms with van der Waals surface area (Å²) >= 11 is 0. The van der Waals surface area contributed by atoms with Crippen molar-refractivity contribution in [1.29, 1.82) is 0 Å². The summed E-state index contributed by atoms with van der Waals surface area (Å²) in [4.78, 5) is 22.8. The van der Waals surface area contributed by atoms with Crippen molar-refractivity contribution in [2.24, 2.45) is 17.8 Å². The molecule has 2 aliphatic rings.